The number of carbonyl (C=O) groups excluding carboxylic acids is 2. The molecule has 138 valence electrons. The fraction of sp³-hybridized carbons (Fsp3) is 0.818. The molecule has 4 aliphatic rings. The van der Waals surface area contributed by atoms with E-state index in [1.165, 1.54) is 0 Å². The van der Waals surface area contributed by atoms with Crippen LogP contribution in [0.25, 0.3) is 0 Å². The standard InChI is InChI=1S/C22H32O3/c1-18(2)14-6-11-20(4)15(19(14,3)10-8-16(18)23)7-13-22(25)17(24)9-12-21(20,22)5/h8,10,14-15,25H,6-7,9,11-13H2,1-5H3. The Balaban J connectivity index is 1.85. The van der Waals surface area contributed by atoms with Crippen molar-refractivity contribution in [1.29, 1.82) is 0 Å². The summed E-state index contributed by atoms with van der Waals surface area (Å²) in [5.41, 5.74) is -1.94. The molecule has 3 nitrogen and oxygen atoms in total. The first-order valence-electron chi connectivity index (χ1n) is 9.93. The molecule has 6 unspecified atom stereocenters. The Morgan fingerprint density at radius 3 is 2.28 bits per heavy atom. The minimum Gasteiger partial charge on any atom is -0.381 e. The molecule has 0 aromatic heterocycles. The predicted molar refractivity (Wildman–Crippen MR) is 96.9 cm³/mol. The van der Waals surface area contributed by atoms with E-state index in [2.05, 4.69) is 40.7 Å². The topological polar surface area (TPSA) is 54.4 Å². The zero-order valence-corrected chi connectivity index (χ0v) is 16.3. The SMILES string of the molecule is CC1(C)C(=O)C=CC2(C)C1CCC1(C)C2CCC2(O)C(=O)CCC21C. The summed E-state index contributed by atoms with van der Waals surface area (Å²) in [6, 6.07) is 0. The fourth-order valence-corrected chi connectivity index (χ4v) is 7.77. The summed E-state index contributed by atoms with van der Waals surface area (Å²) in [4.78, 5) is 25.1. The second kappa shape index (κ2) is 4.65. The van der Waals surface area contributed by atoms with E-state index in [0.717, 1.165) is 25.7 Å². The number of Topliss-reactive ketones (excluding diaryl/α,β-unsaturated/α-hetero) is 1. The number of hydrogen-bond donors (Lipinski definition) is 1. The van der Waals surface area contributed by atoms with Crippen molar-refractivity contribution >= 4 is 11.6 Å². The molecule has 0 amide bonds. The van der Waals surface area contributed by atoms with Crippen molar-refractivity contribution in [2.24, 2.45) is 33.5 Å². The second-order valence-electron chi connectivity index (χ2n) is 10.5. The number of fused-ring (bicyclic) bond motifs is 5. The van der Waals surface area contributed by atoms with Gasteiger partial charge in [-0.25, -0.2) is 0 Å². The molecular weight excluding hydrogens is 312 g/mol. The lowest BCUT2D eigenvalue weighted by atomic mass is 9.36. The average Bonchev–Trinajstić information content (AvgIpc) is 2.77. The van der Waals surface area contributed by atoms with Crippen LogP contribution in [-0.2, 0) is 9.59 Å². The van der Waals surface area contributed by atoms with Crippen LogP contribution in [0.5, 0.6) is 0 Å². The molecule has 0 saturated heterocycles. The monoisotopic (exact) mass is 344 g/mol. The van der Waals surface area contributed by atoms with Gasteiger partial charge in [-0.2, -0.15) is 0 Å². The lowest BCUT2D eigenvalue weighted by molar-refractivity contribution is -0.223. The van der Waals surface area contributed by atoms with Gasteiger partial charge in [-0.3, -0.25) is 9.59 Å². The molecule has 1 N–H and O–H groups in total. The Bertz CT molecular complexity index is 691. The molecule has 0 aromatic rings. The Kier molecular flexibility index (Phi) is 3.25. The molecule has 0 bridgehead atoms. The molecule has 0 aliphatic heterocycles. The van der Waals surface area contributed by atoms with Gasteiger partial charge in [-0.05, 0) is 60.8 Å². The Hall–Kier alpha value is -0.960. The van der Waals surface area contributed by atoms with E-state index in [1.807, 2.05) is 6.08 Å². The van der Waals surface area contributed by atoms with E-state index >= 15 is 0 Å². The van der Waals surface area contributed by atoms with Gasteiger partial charge in [-0.15, -0.1) is 0 Å². The molecule has 0 heterocycles. The Labute approximate surface area is 151 Å². The summed E-state index contributed by atoms with van der Waals surface area (Å²) in [5, 5.41) is 11.3. The normalized spacial score (nSPS) is 54.0. The molecule has 3 heteroatoms. The smallest absolute Gasteiger partial charge is 0.164 e. The molecule has 4 rings (SSSR count). The second-order valence-corrected chi connectivity index (χ2v) is 10.5. The number of ketones is 2. The van der Waals surface area contributed by atoms with Crippen LogP contribution in [0.2, 0.25) is 0 Å². The zero-order chi connectivity index (χ0) is 18.5. The maximum atomic E-state index is 12.6. The highest BCUT2D eigenvalue weighted by Crippen LogP contribution is 2.73. The fourth-order valence-electron chi connectivity index (χ4n) is 7.77. The molecule has 3 fully saturated rings. The van der Waals surface area contributed by atoms with Gasteiger partial charge in [0.05, 0.1) is 0 Å². The van der Waals surface area contributed by atoms with Gasteiger partial charge in [0.15, 0.2) is 11.6 Å². The highest BCUT2D eigenvalue weighted by Gasteiger charge is 2.72. The number of carbonyl (C=O) groups is 2. The highest BCUT2D eigenvalue weighted by atomic mass is 16.3. The first-order chi connectivity index (χ1) is 11.4. The van der Waals surface area contributed by atoms with Crippen molar-refractivity contribution in [1.82, 2.24) is 0 Å². The largest absolute Gasteiger partial charge is 0.381 e. The van der Waals surface area contributed by atoms with Crippen LogP contribution in [0.1, 0.15) is 73.1 Å². The van der Waals surface area contributed by atoms with Crippen molar-refractivity contribution in [2.75, 3.05) is 0 Å². The van der Waals surface area contributed by atoms with Crippen molar-refractivity contribution in [3.8, 4) is 0 Å². The third-order valence-corrected chi connectivity index (χ3v) is 9.60. The maximum absolute atomic E-state index is 12.6. The minimum atomic E-state index is -1.15. The summed E-state index contributed by atoms with van der Waals surface area (Å²) in [6.07, 6.45) is 8.73. The van der Waals surface area contributed by atoms with Crippen LogP contribution < -0.4 is 0 Å². The maximum Gasteiger partial charge on any atom is 0.164 e. The minimum absolute atomic E-state index is 0.0413. The Morgan fingerprint density at radius 1 is 0.960 bits per heavy atom. The third kappa shape index (κ3) is 1.72. The van der Waals surface area contributed by atoms with Crippen molar-refractivity contribution in [3.05, 3.63) is 12.2 Å². The number of aliphatic hydroxyl groups is 1. The lowest BCUT2D eigenvalue weighted by Gasteiger charge is -2.68. The van der Waals surface area contributed by atoms with Crippen molar-refractivity contribution in [2.45, 2.75) is 78.7 Å². The van der Waals surface area contributed by atoms with Crippen LogP contribution in [0.4, 0.5) is 0 Å². The molecule has 6 atom stereocenters. The quantitative estimate of drug-likeness (QED) is 0.720. The van der Waals surface area contributed by atoms with E-state index in [9.17, 15) is 14.7 Å². The van der Waals surface area contributed by atoms with Crippen LogP contribution in [-0.4, -0.2) is 22.3 Å². The summed E-state index contributed by atoms with van der Waals surface area (Å²) < 4.78 is 0. The van der Waals surface area contributed by atoms with E-state index in [0.29, 0.717) is 24.7 Å². The van der Waals surface area contributed by atoms with Crippen molar-refractivity contribution in [3.63, 3.8) is 0 Å². The van der Waals surface area contributed by atoms with Gasteiger partial charge in [0.25, 0.3) is 0 Å². The van der Waals surface area contributed by atoms with Gasteiger partial charge in [0.1, 0.15) is 5.60 Å². The summed E-state index contributed by atoms with van der Waals surface area (Å²) in [6.45, 7) is 11.0. The Morgan fingerprint density at radius 2 is 1.60 bits per heavy atom. The van der Waals surface area contributed by atoms with Crippen LogP contribution in [0.15, 0.2) is 12.2 Å². The predicted octanol–water partition coefficient (Wildman–Crippen LogP) is 4.08. The summed E-state index contributed by atoms with van der Waals surface area (Å²) in [7, 11) is 0. The molecule has 3 saturated carbocycles. The van der Waals surface area contributed by atoms with E-state index in [1.54, 1.807) is 0 Å². The molecule has 0 radical (unpaired) electrons. The summed E-state index contributed by atoms with van der Waals surface area (Å²) >= 11 is 0. The summed E-state index contributed by atoms with van der Waals surface area (Å²) in [5.74, 6) is 1.03. The lowest BCUT2D eigenvalue weighted by Crippen LogP contribution is -2.67. The van der Waals surface area contributed by atoms with E-state index in [4.69, 9.17) is 0 Å². The van der Waals surface area contributed by atoms with Gasteiger partial charge in [0, 0.05) is 17.3 Å². The van der Waals surface area contributed by atoms with Crippen molar-refractivity contribution < 1.29 is 14.7 Å². The molecule has 4 aliphatic carbocycles. The highest BCUT2D eigenvalue weighted by molar-refractivity contribution is 5.96. The molecule has 25 heavy (non-hydrogen) atoms. The van der Waals surface area contributed by atoms with Crippen LogP contribution >= 0.6 is 0 Å². The first-order valence-corrected chi connectivity index (χ1v) is 9.93. The molecule has 0 aromatic carbocycles. The number of hydrogen-bond acceptors (Lipinski definition) is 3. The van der Waals surface area contributed by atoms with Crippen LogP contribution in [0, 0.1) is 33.5 Å². The third-order valence-electron chi connectivity index (χ3n) is 9.60. The molecular formula is C22H32O3. The van der Waals surface area contributed by atoms with Gasteiger partial charge < -0.3 is 5.11 Å². The van der Waals surface area contributed by atoms with E-state index in [-0.39, 0.29) is 33.2 Å². The van der Waals surface area contributed by atoms with E-state index < -0.39 is 5.60 Å². The number of rotatable bonds is 0. The molecule has 0 spiro atoms. The average molecular weight is 344 g/mol. The number of allylic oxidation sites excluding steroid dienone is 2. The first kappa shape index (κ1) is 17.5. The van der Waals surface area contributed by atoms with Gasteiger partial charge >= 0.3 is 0 Å². The van der Waals surface area contributed by atoms with Gasteiger partial charge in [0.2, 0.25) is 0 Å². The van der Waals surface area contributed by atoms with Crippen LogP contribution in [0.3, 0.4) is 0 Å². The van der Waals surface area contributed by atoms with Gasteiger partial charge in [-0.1, -0.05) is 40.7 Å². The zero-order valence-electron chi connectivity index (χ0n) is 16.3.